The van der Waals surface area contributed by atoms with Gasteiger partial charge in [-0.2, -0.15) is 0 Å². The Morgan fingerprint density at radius 1 is 1.12 bits per heavy atom. The quantitative estimate of drug-likeness (QED) is 0.714. The first kappa shape index (κ1) is 17.1. The Hall–Kier alpha value is 0.110. The van der Waals surface area contributed by atoms with Crippen LogP contribution in [-0.2, 0) is 13.6 Å². The van der Waals surface area contributed by atoms with Crippen molar-refractivity contribution in [2.75, 3.05) is 13.2 Å². The lowest BCUT2D eigenvalue weighted by molar-refractivity contribution is 0.191. The van der Waals surface area contributed by atoms with Crippen LogP contribution in [0.1, 0.15) is 48.5 Å². The molecule has 0 bridgehead atoms. The molecule has 0 spiro atoms. The monoisotopic (exact) mass is 265 g/mol. The summed E-state index contributed by atoms with van der Waals surface area (Å²) >= 11 is 0. The van der Waals surface area contributed by atoms with Crippen LogP contribution in [-0.4, -0.2) is 24.5 Å². The summed E-state index contributed by atoms with van der Waals surface area (Å²) in [4.78, 5) is 0. The highest BCUT2D eigenvalue weighted by Gasteiger charge is 2.39. The van der Waals surface area contributed by atoms with Gasteiger partial charge < -0.3 is 9.05 Å². The Kier molecular flexibility index (Phi) is 6.93. The second-order valence-corrected chi connectivity index (χ2v) is 7.61. The van der Waals surface area contributed by atoms with Gasteiger partial charge in [-0.05, 0) is 40.5 Å². The average Bonchev–Trinajstić information content (AvgIpc) is 2.13. The molecule has 0 aromatic carbocycles. The Balaban J connectivity index is 5.03. The fourth-order valence-electron chi connectivity index (χ4n) is 1.61. The van der Waals surface area contributed by atoms with Gasteiger partial charge in [-0.25, -0.2) is 0 Å². The fourth-order valence-corrected chi connectivity index (χ4v) is 4.00. The van der Waals surface area contributed by atoms with Crippen molar-refractivity contribution >= 4 is 7.60 Å². The Morgan fingerprint density at radius 2 is 1.53 bits per heavy atom. The van der Waals surface area contributed by atoms with Gasteiger partial charge in [0.2, 0.25) is 0 Å². The van der Waals surface area contributed by atoms with E-state index in [-0.39, 0.29) is 17.2 Å². The normalized spacial score (nSPS) is 15.3. The molecule has 1 atom stereocenters. The molecule has 1 unspecified atom stereocenters. The minimum absolute atomic E-state index is 0.126. The summed E-state index contributed by atoms with van der Waals surface area (Å²) < 4.78 is 23.5. The van der Waals surface area contributed by atoms with E-state index in [1.54, 1.807) is 0 Å². The number of hydrogen-bond acceptors (Lipinski definition) is 4. The lowest BCUT2D eigenvalue weighted by Gasteiger charge is -2.35. The molecule has 4 nitrogen and oxygen atoms in total. The molecule has 0 rings (SSSR count). The van der Waals surface area contributed by atoms with Crippen LogP contribution in [0.3, 0.4) is 0 Å². The zero-order chi connectivity index (χ0) is 13.7. The minimum atomic E-state index is -3.09. The highest BCUT2D eigenvalue weighted by Crippen LogP contribution is 2.54. The van der Waals surface area contributed by atoms with Crippen LogP contribution in [0.25, 0.3) is 0 Å². The molecule has 0 radical (unpaired) electrons. The molecule has 0 aromatic rings. The predicted molar refractivity (Wildman–Crippen MR) is 72.4 cm³/mol. The van der Waals surface area contributed by atoms with E-state index in [0.29, 0.717) is 13.2 Å². The minimum Gasteiger partial charge on any atom is -0.308 e. The lowest BCUT2D eigenvalue weighted by Crippen LogP contribution is -2.46. The zero-order valence-corrected chi connectivity index (χ0v) is 13.1. The van der Waals surface area contributed by atoms with Crippen molar-refractivity contribution in [3.63, 3.8) is 0 Å². The van der Waals surface area contributed by atoms with E-state index in [2.05, 4.69) is 5.32 Å². The molecule has 1 N–H and O–H groups in total. The first-order chi connectivity index (χ1) is 7.66. The summed E-state index contributed by atoms with van der Waals surface area (Å²) in [5.74, 6) is -0.0967. The highest BCUT2D eigenvalue weighted by atomic mass is 31.2. The SMILES string of the molecule is CCOP(=O)(OCC)C(NC(C)(C)C)C(C)C. The smallest absolute Gasteiger partial charge is 0.308 e. The van der Waals surface area contributed by atoms with Crippen molar-refractivity contribution in [2.45, 2.75) is 59.8 Å². The molecule has 0 aliphatic rings. The molecule has 0 aromatic heterocycles. The molecule has 0 aliphatic carbocycles. The maximum absolute atomic E-state index is 12.7. The van der Waals surface area contributed by atoms with Crippen LogP contribution in [0.2, 0.25) is 0 Å². The Bertz CT molecular complexity index is 251. The first-order valence-corrected chi connectivity index (χ1v) is 7.94. The molecule has 0 amide bonds. The van der Waals surface area contributed by atoms with Crippen molar-refractivity contribution in [3.05, 3.63) is 0 Å². The number of hydrogen-bond donors (Lipinski definition) is 1. The highest BCUT2D eigenvalue weighted by molar-refractivity contribution is 7.54. The molecule has 0 heterocycles. The maximum Gasteiger partial charge on any atom is 0.347 e. The van der Waals surface area contributed by atoms with Gasteiger partial charge in [0.1, 0.15) is 5.78 Å². The molecule has 5 heteroatoms. The third-order valence-corrected chi connectivity index (χ3v) is 4.81. The largest absolute Gasteiger partial charge is 0.347 e. The summed E-state index contributed by atoms with van der Waals surface area (Å²) in [6.45, 7) is 14.6. The van der Waals surface area contributed by atoms with E-state index in [4.69, 9.17) is 9.05 Å². The molecular weight excluding hydrogens is 237 g/mol. The summed E-state index contributed by atoms with van der Waals surface area (Å²) in [5.41, 5.74) is -0.126. The van der Waals surface area contributed by atoms with E-state index in [1.165, 1.54) is 0 Å². The summed E-state index contributed by atoms with van der Waals surface area (Å²) in [6, 6.07) is 0. The van der Waals surface area contributed by atoms with Crippen molar-refractivity contribution in [1.29, 1.82) is 0 Å². The molecule has 17 heavy (non-hydrogen) atoms. The molecule has 104 valence electrons. The van der Waals surface area contributed by atoms with E-state index in [9.17, 15) is 4.57 Å². The molecule has 0 aliphatic heterocycles. The second kappa shape index (κ2) is 6.89. The molecule has 0 saturated carbocycles. The molecular formula is C12H28NO3P. The standard InChI is InChI=1S/C12H28NO3P/c1-8-15-17(14,16-9-2)11(10(3)4)13-12(5,6)7/h10-11,13H,8-9H2,1-7H3. The van der Waals surface area contributed by atoms with Gasteiger partial charge in [-0.15, -0.1) is 0 Å². The van der Waals surface area contributed by atoms with Gasteiger partial charge in [0.15, 0.2) is 0 Å². The summed E-state index contributed by atoms with van der Waals surface area (Å²) in [6.07, 6.45) is 0. The second-order valence-electron chi connectivity index (χ2n) is 5.46. The molecule has 0 saturated heterocycles. The third-order valence-electron chi connectivity index (χ3n) is 2.17. The van der Waals surface area contributed by atoms with E-state index in [0.717, 1.165) is 0 Å². The maximum atomic E-state index is 12.7. The van der Waals surface area contributed by atoms with Crippen LogP contribution >= 0.6 is 7.60 Å². The Labute approximate surface area is 106 Å². The predicted octanol–water partition coefficient (Wildman–Crippen LogP) is 3.62. The van der Waals surface area contributed by atoms with Gasteiger partial charge >= 0.3 is 7.60 Å². The molecule has 0 fully saturated rings. The van der Waals surface area contributed by atoms with E-state index in [1.807, 2.05) is 48.5 Å². The van der Waals surface area contributed by atoms with Crippen molar-refractivity contribution in [3.8, 4) is 0 Å². The van der Waals surface area contributed by atoms with Crippen LogP contribution < -0.4 is 5.32 Å². The summed E-state index contributed by atoms with van der Waals surface area (Å²) in [7, 11) is -3.09. The van der Waals surface area contributed by atoms with Crippen molar-refractivity contribution < 1.29 is 13.6 Å². The van der Waals surface area contributed by atoms with Gasteiger partial charge in [-0.1, -0.05) is 13.8 Å². The van der Waals surface area contributed by atoms with Gasteiger partial charge in [0.25, 0.3) is 0 Å². The number of rotatable bonds is 7. The van der Waals surface area contributed by atoms with Gasteiger partial charge in [-0.3, -0.25) is 9.88 Å². The van der Waals surface area contributed by atoms with E-state index >= 15 is 0 Å². The van der Waals surface area contributed by atoms with Gasteiger partial charge in [0, 0.05) is 5.54 Å². The summed E-state index contributed by atoms with van der Waals surface area (Å²) in [5, 5.41) is 3.35. The van der Waals surface area contributed by atoms with Crippen LogP contribution in [0, 0.1) is 5.92 Å². The van der Waals surface area contributed by atoms with Crippen LogP contribution in [0.15, 0.2) is 0 Å². The van der Waals surface area contributed by atoms with Crippen LogP contribution in [0.5, 0.6) is 0 Å². The average molecular weight is 265 g/mol. The number of nitrogens with one attached hydrogen (secondary N) is 1. The van der Waals surface area contributed by atoms with Crippen LogP contribution in [0.4, 0.5) is 0 Å². The Morgan fingerprint density at radius 3 is 1.76 bits per heavy atom. The van der Waals surface area contributed by atoms with Crippen molar-refractivity contribution in [1.82, 2.24) is 5.32 Å². The van der Waals surface area contributed by atoms with Gasteiger partial charge in [0.05, 0.1) is 13.2 Å². The zero-order valence-electron chi connectivity index (χ0n) is 12.2. The topological polar surface area (TPSA) is 47.6 Å². The van der Waals surface area contributed by atoms with E-state index < -0.39 is 7.60 Å². The fraction of sp³-hybridized carbons (Fsp3) is 1.00. The lowest BCUT2D eigenvalue weighted by atomic mass is 10.1. The first-order valence-electron chi connectivity index (χ1n) is 6.32. The van der Waals surface area contributed by atoms with Crippen molar-refractivity contribution in [2.24, 2.45) is 5.92 Å². The third kappa shape index (κ3) is 6.01.